The van der Waals surface area contributed by atoms with Gasteiger partial charge in [-0.25, -0.2) is 9.18 Å². The Balaban J connectivity index is 2.15. The number of carbonyl (C=O) groups excluding carboxylic acids is 2. The van der Waals surface area contributed by atoms with Crippen LogP contribution >= 0.6 is 0 Å². The van der Waals surface area contributed by atoms with Gasteiger partial charge < -0.3 is 14.2 Å². The van der Waals surface area contributed by atoms with Crippen LogP contribution in [-0.2, 0) is 29.4 Å². The highest BCUT2D eigenvalue weighted by Crippen LogP contribution is 2.43. The molecule has 0 aliphatic carbocycles. The van der Waals surface area contributed by atoms with Crippen LogP contribution in [0.15, 0.2) is 54.6 Å². The molecule has 0 fully saturated rings. The van der Waals surface area contributed by atoms with Crippen molar-refractivity contribution in [2.75, 3.05) is 20.3 Å². The summed E-state index contributed by atoms with van der Waals surface area (Å²) in [5.41, 5.74) is -2.99. The van der Waals surface area contributed by atoms with Gasteiger partial charge in [0.1, 0.15) is 5.82 Å². The molecule has 174 valence electrons. The zero-order valence-electron chi connectivity index (χ0n) is 17.7. The second-order valence-electron chi connectivity index (χ2n) is 7.05. The first-order valence-corrected chi connectivity index (χ1v) is 9.85. The average Bonchev–Trinajstić information content (AvgIpc) is 2.74. The first-order chi connectivity index (χ1) is 15.1. The maximum atomic E-state index is 13.9. The minimum Gasteiger partial charge on any atom is -0.466 e. The third-order valence-corrected chi connectivity index (χ3v) is 4.99. The summed E-state index contributed by atoms with van der Waals surface area (Å²) < 4.78 is 69.7. The number of hydrogen-bond acceptors (Lipinski definition) is 5. The van der Waals surface area contributed by atoms with Gasteiger partial charge in [0.05, 0.1) is 13.2 Å². The van der Waals surface area contributed by atoms with Crippen molar-refractivity contribution >= 4 is 11.9 Å². The number of methoxy groups -OCH3 is 1. The maximum Gasteiger partial charge on any atom is 0.432 e. The average molecular weight is 456 g/mol. The third kappa shape index (κ3) is 6.06. The maximum absolute atomic E-state index is 13.9. The molecule has 0 saturated carbocycles. The van der Waals surface area contributed by atoms with E-state index in [1.807, 2.05) is 0 Å². The van der Waals surface area contributed by atoms with Crippen LogP contribution in [0.25, 0.3) is 0 Å². The normalized spacial score (nSPS) is 14.3. The Morgan fingerprint density at radius 2 is 1.47 bits per heavy atom. The Morgan fingerprint density at radius 3 is 1.97 bits per heavy atom. The summed E-state index contributed by atoms with van der Waals surface area (Å²) in [6.45, 7) is 0.953. The molecule has 5 nitrogen and oxygen atoms in total. The van der Waals surface area contributed by atoms with Gasteiger partial charge in [0.25, 0.3) is 5.60 Å². The van der Waals surface area contributed by atoms with Gasteiger partial charge in [-0.15, -0.1) is 0 Å². The first kappa shape index (κ1) is 25.3. The number of halogens is 4. The molecule has 0 saturated heterocycles. The van der Waals surface area contributed by atoms with E-state index in [1.165, 1.54) is 49.4 Å². The quantitative estimate of drug-likeness (QED) is 0.376. The van der Waals surface area contributed by atoms with Crippen LogP contribution in [-0.4, -0.2) is 38.4 Å². The van der Waals surface area contributed by atoms with Crippen molar-refractivity contribution in [3.05, 3.63) is 71.5 Å². The molecule has 2 atom stereocenters. The van der Waals surface area contributed by atoms with E-state index in [0.29, 0.717) is 12.0 Å². The molecule has 9 heteroatoms. The summed E-state index contributed by atoms with van der Waals surface area (Å²) in [6.07, 6.45) is -4.62. The number of esters is 2. The number of benzene rings is 2. The van der Waals surface area contributed by atoms with E-state index < -0.39 is 35.1 Å². The number of alkyl halides is 3. The predicted molar refractivity (Wildman–Crippen MR) is 107 cm³/mol. The molecule has 0 amide bonds. The molecule has 0 heterocycles. The van der Waals surface area contributed by atoms with Gasteiger partial charge in [0.15, 0.2) is 0 Å². The molecular formula is C23H24F4O5. The Hall–Kier alpha value is -2.94. The summed E-state index contributed by atoms with van der Waals surface area (Å²) in [5, 5.41) is 0. The Bertz CT molecular complexity index is 884. The van der Waals surface area contributed by atoms with Crippen LogP contribution in [0.1, 0.15) is 36.8 Å². The van der Waals surface area contributed by atoms with Crippen molar-refractivity contribution in [1.29, 1.82) is 0 Å². The van der Waals surface area contributed by atoms with Crippen molar-refractivity contribution in [1.82, 2.24) is 0 Å². The fourth-order valence-corrected chi connectivity index (χ4v) is 3.34. The minimum atomic E-state index is -5.06. The van der Waals surface area contributed by atoms with Gasteiger partial charge in [-0.05, 0) is 36.5 Å². The van der Waals surface area contributed by atoms with Crippen molar-refractivity contribution < 1.29 is 41.4 Å². The molecule has 0 unspecified atom stereocenters. The number of hydrogen-bond donors (Lipinski definition) is 0. The number of rotatable bonds is 10. The zero-order chi connectivity index (χ0) is 23.8. The van der Waals surface area contributed by atoms with Crippen LogP contribution in [0, 0.1) is 5.82 Å². The summed E-state index contributed by atoms with van der Waals surface area (Å²) in [4.78, 5) is 23.6. The highest BCUT2D eigenvalue weighted by molar-refractivity contribution is 5.82. The van der Waals surface area contributed by atoms with Gasteiger partial charge in [-0.3, -0.25) is 4.79 Å². The van der Waals surface area contributed by atoms with Crippen LogP contribution < -0.4 is 0 Å². The van der Waals surface area contributed by atoms with E-state index in [9.17, 15) is 27.2 Å². The van der Waals surface area contributed by atoms with Gasteiger partial charge in [-0.1, -0.05) is 42.5 Å². The molecule has 0 spiro atoms. The third-order valence-electron chi connectivity index (χ3n) is 4.99. The Labute approximate surface area is 183 Å². The lowest BCUT2D eigenvalue weighted by atomic mass is 9.92. The number of carbonyl (C=O) groups is 2. The summed E-state index contributed by atoms with van der Waals surface area (Å²) in [6, 6.07) is 12.1. The smallest absolute Gasteiger partial charge is 0.432 e. The van der Waals surface area contributed by atoms with E-state index in [0.717, 1.165) is 19.2 Å². The second kappa shape index (κ2) is 11.1. The molecular weight excluding hydrogens is 432 g/mol. The van der Waals surface area contributed by atoms with E-state index in [-0.39, 0.29) is 25.6 Å². The van der Waals surface area contributed by atoms with Crippen molar-refractivity contribution in [3.8, 4) is 0 Å². The SMILES string of the molecule is CO[C@](C(=O)OCC[C@H](CCOC(C)=O)c1ccc(F)cc1)(c1ccccc1)C(F)(F)F. The Morgan fingerprint density at radius 1 is 0.906 bits per heavy atom. The monoisotopic (exact) mass is 456 g/mol. The lowest BCUT2D eigenvalue weighted by molar-refractivity contribution is -0.276. The summed E-state index contributed by atoms with van der Waals surface area (Å²) in [7, 11) is 0.794. The van der Waals surface area contributed by atoms with Crippen LogP contribution in [0.5, 0.6) is 0 Å². The van der Waals surface area contributed by atoms with Crippen LogP contribution in [0.4, 0.5) is 17.6 Å². The molecule has 0 N–H and O–H groups in total. The number of ether oxygens (including phenoxy) is 3. The zero-order valence-corrected chi connectivity index (χ0v) is 17.7. The minimum absolute atomic E-state index is 0.0555. The summed E-state index contributed by atoms with van der Waals surface area (Å²) >= 11 is 0. The first-order valence-electron chi connectivity index (χ1n) is 9.85. The van der Waals surface area contributed by atoms with E-state index in [1.54, 1.807) is 0 Å². The van der Waals surface area contributed by atoms with Gasteiger partial charge >= 0.3 is 18.1 Å². The van der Waals surface area contributed by atoms with Gasteiger partial charge in [-0.2, -0.15) is 13.2 Å². The molecule has 0 radical (unpaired) electrons. The molecule has 32 heavy (non-hydrogen) atoms. The van der Waals surface area contributed by atoms with E-state index >= 15 is 0 Å². The lowest BCUT2D eigenvalue weighted by Gasteiger charge is -2.32. The van der Waals surface area contributed by atoms with Gasteiger partial charge in [0, 0.05) is 19.6 Å². The summed E-state index contributed by atoms with van der Waals surface area (Å²) in [5.74, 6) is -2.86. The highest BCUT2D eigenvalue weighted by Gasteiger charge is 2.64. The second-order valence-corrected chi connectivity index (χ2v) is 7.05. The van der Waals surface area contributed by atoms with E-state index in [4.69, 9.17) is 14.2 Å². The molecule has 2 rings (SSSR count). The highest BCUT2D eigenvalue weighted by atomic mass is 19.4. The lowest BCUT2D eigenvalue weighted by Crippen LogP contribution is -2.51. The predicted octanol–water partition coefficient (Wildman–Crippen LogP) is 4.90. The molecule has 0 bridgehead atoms. The molecule has 0 aliphatic rings. The van der Waals surface area contributed by atoms with E-state index in [2.05, 4.69) is 0 Å². The fraction of sp³-hybridized carbons (Fsp3) is 0.391. The Kier molecular flexibility index (Phi) is 8.77. The molecule has 2 aromatic rings. The molecule has 0 aliphatic heterocycles. The molecule has 2 aromatic carbocycles. The fourth-order valence-electron chi connectivity index (χ4n) is 3.34. The van der Waals surface area contributed by atoms with Crippen molar-refractivity contribution in [2.24, 2.45) is 0 Å². The molecule has 0 aromatic heterocycles. The van der Waals surface area contributed by atoms with Crippen molar-refractivity contribution in [2.45, 2.75) is 37.5 Å². The van der Waals surface area contributed by atoms with Crippen LogP contribution in [0.3, 0.4) is 0 Å². The largest absolute Gasteiger partial charge is 0.466 e. The topological polar surface area (TPSA) is 61.8 Å². The van der Waals surface area contributed by atoms with Crippen LogP contribution in [0.2, 0.25) is 0 Å². The van der Waals surface area contributed by atoms with Gasteiger partial charge in [0.2, 0.25) is 0 Å². The van der Waals surface area contributed by atoms with Crippen molar-refractivity contribution in [3.63, 3.8) is 0 Å². The standard InChI is InChI=1S/C23H24F4O5/c1-16(28)31-14-12-18(17-8-10-20(24)11-9-17)13-15-32-21(29)22(30-2,23(25,26)27)19-6-4-3-5-7-19/h3-11,18H,12-15H2,1-2H3/t18-,22-/m0/s1.